The van der Waals surface area contributed by atoms with Gasteiger partial charge >= 0.3 is 0 Å². The van der Waals surface area contributed by atoms with E-state index in [0.717, 1.165) is 0 Å². The molecule has 29 heavy (non-hydrogen) atoms. The van der Waals surface area contributed by atoms with Gasteiger partial charge in [0.2, 0.25) is 0 Å². The average molecular weight is 397 g/mol. The van der Waals surface area contributed by atoms with Crippen molar-refractivity contribution in [3.63, 3.8) is 0 Å². The van der Waals surface area contributed by atoms with Crippen LogP contribution in [0, 0.1) is 0 Å². The van der Waals surface area contributed by atoms with Gasteiger partial charge in [0.15, 0.2) is 11.5 Å². The topological polar surface area (TPSA) is 133 Å². The molecule has 3 aromatic rings. The van der Waals surface area contributed by atoms with Crippen LogP contribution in [0.1, 0.15) is 20.7 Å². The highest BCUT2D eigenvalue weighted by Crippen LogP contribution is 2.36. The quantitative estimate of drug-likeness (QED) is 0.581. The highest BCUT2D eigenvalue weighted by Gasteiger charge is 2.20. The lowest BCUT2D eigenvalue weighted by Crippen LogP contribution is -2.19. The Bertz CT molecular complexity index is 1110. The van der Waals surface area contributed by atoms with Gasteiger partial charge in [0, 0.05) is 23.7 Å². The Labute approximate surface area is 166 Å². The van der Waals surface area contributed by atoms with E-state index < -0.39 is 11.8 Å². The summed E-state index contributed by atoms with van der Waals surface area (Å²) in [5, 5.41) is 13.2. The minimum atomic E-state index is -0.775. The molecule has 9 nitrogen and oxygen atoms in total. The third-order valence-corrected chi connectivity index (χ3v) is 4.33. The minimum Gasteiger partial charge on any atom is -0.507 e. The first-order valence-corrected chi connectivity index (χ1v) is 8.42. The van der Waals surface area contributed by atoms with E-state index in [1.165, 1.54) is 45.7 Å². The summed E-state index contributed by atoms with van der Waals surface area (Å²) >= 11 is 0. The Balaban J connectivity index is 2.14. The Morgan fingerprint density at radius 1 is 1.00 bits per heavy atom. The Kier molecular flexibility index (Phi) is 5.40. The predicted octanol–water partition coefficient (Wildman–Crippen LogP) is 2.32. The highest BCUT2D eigenvalue weighted by atomic mass is 16.5. The summed E-state index contributed by atoms with van der Waals surface area (Å²) in [7, 11) is 4.39. The molecule has 1 aromatic heterocycles. The normalized spacial score (nSPS) is 10.4. The van der Waals surface area contributed by atoms with E-state index in [2.05, 4.69) is 10.3 Å². The van der Waals surface area contributed by atoms with Crippen molar-refractivity contribution < 1.29 is 28.9 Å². The lowest BCUT2D eigenvalue weighted by atomic mass is 10.1. The van der Waals surface area contributed by atoms with Crippen LogP contribution in [0.4, 0.5) is 5.69 Å². The maximum atomic E-state index is 12.8. The fourth-order valence-electron chi connectivity index (χ4n) is 2.85. The number of nitrogens with one attached hydrogen (secondary N) is 1. The van der Waals surface area contributed by atoms with Crippen molar-refractivity contribution in [1.82, 2.24) is 4.98 Å². The fourth-order valence-corrected chi connectivity index (χ4v) is 2.85. The van der Waals surface area contributed by atoms with Crippen molar-refractivity contribution in [1.29, 1.82) is 0 Å². The largest absolute Gasteiger partial charge is 0.507 e. The number of aromatic hydroxyl groups is 1. The number of methoxy groups -OCH3 is 3. The van der Waals surface area contributed by atoms with Crippen molar-refractivity contribution in [2.24, 2.45) is 5.73 Å². The molecule has 0 saturated heterocycles. The molecule has 0 atom stereocenters. The molecule has 0 saturated carbocycles. The molecule has 4 N–H and O–H groups in total. The number of aromatic nitrogens is 1. The van der Waals surface area contributed by atoms with Crippen LogP contribution in [0.15, 0.2) is 36.5 Å². The number of carbonyl (C=O) groups is 2. The number of anilines is 1. The first kappa shape index (κ1) is 19.7. The number of phenols is 1. The molecule has 2 amide bonds. The number of amides is 2. The zero-order chi connectivity index (χ0) is 21.1. The first-order chi connectivity index (χ1) is 13.9. The second-order valence-electron chi connectivity index (χ2n) is 5.97. The summed E-state index contributed by atoms with van der Waals surface area (Å²) in [4.78, 5) is 28.9. The Hall–Kier alpha value is -4.01. The van der Waals surface area contributed by atoms with E-state index in [1.807, 2.05) is 0 Å². The van der Waals surface area contributed by atoms with Crippen molar-refractivity contribution in [3.05, 3.63) is 47.7 Å². The lowest BCUT2D eigenvalue weighted by Gasteiger charge is -2.15. The van der Waals surface area contributed by atoms with Gasteiger partial charge in [-0.1, -0.05) is 0 Å². The van der Waals surface area contributed by atoms with Gasteiger partial charge in [-0.05, 0) is 18.2 Å². The van der Waals surface area contributed by atoms with E-state index in [1.54, 1.807) is 12.1 Å². The van der Waals surface area contributed by atoms with E-state index in [0.29, 0.717) is 28.2 Å². The summed E-state index contributed by atoms with van der Waals surface area (Å²) in [6, 6.07) is 7.43. The smallest absolute Gasteiger partial charge is 0.259 e. The number of nitrogens with zero attached hydrogens (tertiary/aromatic N) is 1. The van der Waals surface area contributed by atoms with Gasteiger partial charge in [0.25, 0.3) is 11.8 Å². The highest BCUT2D eigenvalue weighted by molar-refractivity contribution is 6.15. The molecule has 0 unspecified atom stereocenters. The molecule has 2 aromatic carbocycles. The Morgan fingerprint density at radius 3 is 2.28 bits per heavy atom. The summed E-state index contributed by atoms with van der Waals surface area (Å²) in [5.41, 5.74) is 6.05. The molecule has 1 heterocycles. The number of carbonyl (C=O) groups excluding carboxylic acids is 2. The molecule has 0 aliphatic carbocycles. The molecule has 150 valence electrons. The van der Waals surface area contributed by atoms with E-state index in [9.17, 15) is 14.7 Å². The number of hydrogen-bond acceptors (Lipinski definition) is 7. The molecule has 0 aliphatic heterocycles. The Morgan fingerprint density at radius 2 is 1.69 bits per heavy atom. The van der Waals surface area contributed by atoms with Crippen LogP contribution in [0.3, 0.4) is 0 Å². The molecular weight excluding hydrogens is 378 g/mol. The monoisotopic (exact) mass is 397 g/mol. The third-order valence-electron chi connectivity index (χ3n) is 4.33. The molecule has 3 rings (SSSR count). The molecule has 0 bridgehead atoms. The number of primary amides is 1. The summed E-state index contributed by atoms with van der Waals surface area (Å²) in [6.07, 6.45) is 1.26. The number of rotatable bonds is 6. The second kappa shape index (κ2) is 7.93. The predicted molar refractivity (Wildman–Crippen MR) is 106 cm³/mol. The standard InChI is InChI=1S/C20H19N3O6/c1-27-10-4-5-11(15(24)6-10)20(26)23-18-12-7-16(28-2)17(29-3)8-14(12)22-9-13(18)19(21)25/h4-9,24H,1-3H3,(H2,21,25)(H,22,23,26). The maximum absolute atomic E-state index is 12.8. The number of hydrogen-bond donors (Lipinski definition) is 3. The zero-order valence-corrected chi connectivity index (χ0v) is 16.0. The number of benzene rings is 2. The SMILES string of the molecule is COc1ccc(C(=O)Nc2c(C(N)=O)cnc3cc(OC)c(OC)cc23)c(O)c1. The summed E-state index contributed by atoms with van der Waals surface area (Å²) < 4.78 is 15.6. The number of ether oxygens (including phenoxy) is 3. The van der Waals surface area contributed by atoms with E-state index in [4.69, 9.17) is 19.9 Å². The van der Waals surface area contributed by atoms with Crippen LogP contribution < -0.4 is 25.3 Å². The molecule has 0 spiro atoms. The van der Waals surface area contributed by atoms with Gasteiger partial charge in [-0.3, -0.25) is 14.6 Å². The average Bonchev–Trinajstić information content (AvgIpc) is 2.72. The van der Waals surface area contributed by atoms with Crippen molar-refractivity contribution >= 4 is 28.4 Å². The van der Waals surface area contributed by atoms with Crippen molar-refractivity contribution in [3.8, 4) is 23.0 Å². The molecular formula is C20H19N3O6. The van der Waals surface area contributed by atoms with Crippen LogP contribution in [-0.2, 0) is 0 Å². The zero-order valence-electron chi connectivity index (χ0n) is 16.0. The van der Waals surface area contributed by atoms with Crippen LogP contribution in [0.25, 0.3) is 10.9 Å². The second-order valence-corrected chi connectivity index (χ2v) is 5.97. The van der Waals surface area contributed by atoms with Crippen molar-refractivity contribution in [2.45, 2.75) is 0 Å². The lowest BCUT2D eigenvalue weighted by molar-refractivity contribution is 0.100. The molecule has 0 radical (unpaired) electrons. The molecule has 0 fully saturated rings. The van der Waals surface area contributed by atoms with Gasteiger partial charge in [0.1, 0.15) is 11.5 Å². The summed E-state index contributed by atoms with van der Waals surface area (Å²) in [5.74, 6) is -0.489. The molecule has 9 heteroatoms. The maximum Gasteiger partial charge on any atom is 0.259 e. The third kappa shape index (κ3) is 3.70. The first-order valence-electron chi connectivity index (χ1n) is 8.42. The number of pyridine rings is 1. The number of nitrogens with two attached hydrogens (primary N) is 1. The summed E-state index contributed by atoms with van der Waals surface area (Å²) in [6.45, 7) is 0. The van der Waals surface area contributed by atoms with Crippen LogP contribution in [0.5, 0.6) is 23.0 Å². The van der Waals surface area contributed by atoms with E-state index in [-0.39, 0.29) is 22.6 Å². The van der Waals surface area contributed by atoms with Crippen LogP contribution in [0.2, 0.25) is 0 Å². The van der Waals surface area contributed by atoms with Gasteiger partial charge in [-0.15, -0.1) is 0 Å². The fraction of sp³-hybridized carbons (Fsp3) is 0.150. The van der Waals surface area contributed by atoms with Gasteiger partial charge < -0.3 is 30.4 Å². The minimum absolute atomic E-state index is 0.00562. The van der Waals surface area contributed by atoms with Gasteiger partial charge in [0.05, 0.1) is 43.7 Å². The number of fused-ring (bicyclic) bond motifs is 1. The van der Waals surface area contributed by atoms with Crippen molar-refractivity contribution in [2.75, 3.05) is 26.6 Å². The van der Waals surface area contributed by atoms with Gasteiger partial charge in [-0.2, -0.15) is 0 Å². The molecule has 0 aliphatic rings. The van der Waals surface area contributed by atoms with Crippen LogP contribution >= 0.6 is 0 Å². The van der Waals surface area contributed by atoms with E-state index >= 15 is 0 Å². The van der Waals surface area contributed by atoms with Crippen LogP contribution in [-0.4, -0.2) is 43.2 Å². The van der Waals surface area contributed by atoms with Gasteiger partial charge in [-0.25, -0.2) is 0 Å². The number of phenolic OH excluding ortho intramolecular Hbond substituents is 1.